The van der Waals surface area contributed by atoms with Crippen LogP contribution in [0.15, 0.2) is 17.5 Å². The molecule has 0 bridgehead atoms. The quantitative estimate of drug-likeness (QED) is 0.796. The van der Waals surface area contributed by atoms with Gasteiger partial charge in [-0.2, -0.15) is 0 Å². The van der Waals surface area contributed by atoms with Crippen molar-refractivity contribution in [3.63, 3.8) is 0 Å². The van der Waals surface area contributed by atoms with Crippen LogP contribution < -0.4 is 0 Å². The molecule has 4 nitrogen and oxygen atoms in total. The predicted molar refractivity (Wildman–Crippen MR) is 110 cm³/mol. The number of amides is 1. The number of piperidine rings is 1. The minimum atomic E-state index is -0.0744. The molecule has 0 unspecified atom stereocenters. The molecule has 1 aliphatic carbocycles. The first-order chi connectivity index (χ1) is 13.1. The number of fused-ring (bicyclic) bond motifs is 2. The molecule has 0 aromatic carbocycles. The van der Waals surface area contributed by atoms with Gasteiger partial charge in [0.15, 0.2) is 0 Å². The lowest BCUT2D eigenvalue weighted by molar-refractivity contribution is -0.142. The highest BCUT2D eigenvalue weighted by atomic mass is 32.1. The number of rotatable bonds is 3. The van der Waals surface area contributed by atoms with Gasteiger partial charge in [0.05, 0.1) is 5.41 Å². The first kappa shape index (κ1) is 18.1. The molecular weight excluding hydrogens is 354 g/mol. The smallest absolute Gasteiger partial charge is 0.230 e. The van der Waals surface area contributed by atoms with Crippen molar-refractivity contribution in [1.29, 1.82) is 0 Å². The first-order valence-electron chi connectivity index (χ1n) is 10.8. The van der Waals surface area contributed by atoms with Crippen LogP contribution in [-0.2, 0) is 11.3 Å². The van der Waals surface area contributed by atoms with Gasteiger partial charge in [-0.25, -0.2) is 0 Å². The molecule has 27 heavy (non-hydrogen) atoms. The highest BCUT2D eigenvalue weighted by Crippen LogP contribution is 2.62. The minimum absolute atomic E-state index is 0.0744. The monoisotopic (exact) mass is 387 g/mol. The zero-order valence-corrected chi connectivity index (χ0v) is 17.5. The van der Waals surface area contributed by atoms with Crippen LogP contribution in [0.4, 0.5) is 0 Å². The van der Waals surface area contributed by atoms with E-state index in [1.807, 2.05) is 11.3 Å². The second-order valence-corrected chi connectivity index (χ2v) is 10.7. The van der Waals surface area contributed by atoms with Gasteiger partial charge in [-0.3, -0.25) is 9.69 Å². The zero-order valence-electron chi connectivity index (χ0n) is 16.7. The summed E-state index contributed by atoms with van der Waals surface area (Å²) in [7, 11) is 2.23. The van der Waals surface area contributed by atoms with E-state index in [4.69, 9.17) is 0 Å². The number of hydrogen-bond donors (Lipinski definition) is 0. The Bertz CT molecular complexity index is 676. The van der Waals surface area contributed by atoms with Gasteiger partial charge in [0.25, 0.3) is 0 Å². The van der Waals surface area contributed by atoms with Gasteiger partial charge in [0, 0.05) is 37.6 Å². The van der Waals surface area contributed by atoms with Crippen LogP contribution in [0.5, 0.6) is 0 Å². The molecule has 148 valence electrons. The Morgan fingerprint density at radius 2 is 1.93 bits per heavy atom. The molecule has 3 saturated heterocycles. The Kier molecular flexibility index (Phi) is 4.60. The number of nitrogens with zero attached hydrogens (tertiary/aromatic N) is 3. The molecule has 3 aliphatic heterocycles. The Labute approximate surface area is 167 Å². The van der Waals surface area contributed by atoms with E-state index in [-0.39, 0.29) is 5.41 Å². The topological polar surface area (TPSA) is 26.8 Å². The van der Waals surface area contributed by atoms with Gasteiger partial charge in [-0.1, -0.05) is 6.07 Å². The maximum atomic E-state index is 13.6. The van der Waals surface area contributed by atoms with Gasteiger partial charge in [0.1, 0.15) is 0 Å². The maximum Gasteiger partial charge on any atom is 0.230 e. The van der Waals surface area contributed by atoms with E-state index >= 15 is 0 Å². The van der Waals surface area contributed by atoms with E-state index in [2.05, 4.69) is 39.3 Å². The molecule has 1 amide bonds. The second kappa shape index (κ2) is 6.85. The molecular formula is C22H33N3OS. The summed E-state index contributed by atoms with van der Waals surface area (Å²) in [6.45, 7) is 7.63. The molecule has 0 N–H and O–H groups in total. The largest absolute Gasteiger partial charge is 0.342 e. The van der Waals surface area contributed by atoms with Crippen molar-refractivity contribution in [2.75, 3.05) is 46.3 Å². The number of likely N-dealkylation sites (tertiary alicyclic amines) is 3. The van der Waals surface area contributed by atoms with Crippen LogP contribution in [0.3, 0.4) is 0 Å². The number of thiophene rings is 1. The van der Waals surface area contributed by atoms with E-state index in [9.17, 15) is 4.79 Å². The summed E-state index contributed by atoms with van der Waals surface area (Å²) in [6.07, 6.45) is 7.37. The Morgan fingerprint density at radius 3 is 2.63 bits per heavy atom. The highest BCUT2D eigenvalue weighted by Gasteiger charge is 2.64. The second-order valence-electron chi connectivity index (χ2n) is 9.62. The van der Waals surface area contributed by atoms with Crippen molar-refractivity contribution in [3.05, 3.63) is 22.4 Å². The Hall–Kier alpha value is -0.910. The fraction of sp³-hybridized carbons (Fsp3) is 0.773. The van der Waals surface area contributed by atoms with Gasteiger partial charge in [-0.15, -0.1) is 11.3 Å². The van der Waals surface area contributed by atoms with E-state index in [1.165, 1.54) is 50.1 Å². The third-order valence-electron chi connectivity index (χ3n) is 8.15. The van der Waals surface area contributed by atoms with Crippen LogP contribution in [0.2, 0.25) is 0 Å². The van der Waals surface area contributed by atoms with E-state index in [0.717, 1.165) is 39.1 Å². The Balaban J connectivity index is 1.32. The van der Waals surface area contributed by atoms with Crippen molar-refractivity contribution in [2.45, 2.75) is 45.1 Å². The lowest BCUT2D eigenvalue weighted by Crippen LogP contribution is -2.49. The van der Waals surface area contributed by atoms with Gasteiger partial charge < -0.3 is 9.80 Å². The average Bonchev–Trinajstić information content (AvgIpc) is 3.44. The summed E-state index contributed by atoms with van der Waals surface area (Å²) in [4.78, 5) is 22.4. The highest BCUT2D eigenvalue weighted by molar-refractivity contribution is 7.09. The minimum Gasteiger partial charge on any atom is -0.342 e. The van der Waals surface area contributed by atoms with Crippen LogP contribution in [0.25, 0.3) is 0 Å². The first-order valence-corrected chi connectivity index (χ1v) is 11.7. The van der Waals surface area contributed by atoms with Crippen LogP contribution >= 0.6 is 11.3 Å². The van der Waals surface area contributed by atoms with E-state index < -0.39 is 0 Å². The average molecular weight is 388 g/mol. The third-order valence-corrected chi connectivity index (χ3v) is 9.01. The normalized spacial score (nSPS) is 33.8. The SMILES string of the molecule is CN1C[C@H]2C3(CCN(Cc4cccs4)CC3)CC[C@@]2(C(=O)N2CCCC2)C1. The molecule has 4 fully saturated rings. The molecule has 5 rings (SSSR count). The molecule has 1 saturated carbocycles. The third kappa shape index (κ3) is 2.97. The maximum absolute atomic E-state index is 13.6. The molecule has 0 radical (unpaired) electrons. The number of carbonyl (C=O) groups is 1. The number of carbonyl (C=O) groups excluding carboxylic acids is 1. The van der Waals surface area contributed by atoms with Gasteiger partial charge in [-0.05, 0) is 81.4 Å². The molecule has 1 spiro atoms. The summed E-state index contributed by atoms with van der Waals surface area (Å²) >= 11 is 1.87. The Morgan fingerprint density at radius 1 is 1.15 bits per heavy atom. The van der Waals surface area contributed by atoms with Crippen LogP contribution in [-0.4, -0.2) is 66.9 Å². The summed E-state index contributed by atoms with van der Waals surface area (Å²) in [5, 5.41) is 2.18. The number of hydrogen-bond acceptors (Lipinski definition) is 4. The van der Waals surface area contributed by atoms with Gasteiger partial charge in [0.2, 0.25) is 5.91 Å². The molecule has 4 heterocycles. The molecule has 1 aromatic rings. The predicted octanol–water partition coefficient (Wildman–Crippen LogP) is 3.29. The summed E-state index contributed by atoms with van der Waals surface area (Å²) in [5.74, 6) is 1.08. The summed E-state index contributed by atoms with van der Waals surface area (Å²) in [5.41, 5.74) is 0.334. The van der Waals surface area contributed by atoms with Crippen molar-refractivity contribution in [2.24, 2.45) is 16.7 Å². The summed E-state index contributed by atoms with van der Waals surface area (Å²) in [6, 6.07) is 4.42. The van der Waals surface area contributed by atoms with Crippen LogP contribution in [0.1, 0.15) is 43.4 Å². The van der Waals surface area contributed by atoms with Crippen molar-refractivity contribution >= 4 is 17.2 Å². The van der Waals surface area contributed by atoms with Crippen LogP contribution in [0, 0.1) is 16.7 Å². The van der Waals surface area contributed by atoms with Crippen molar-refractivity contribution in [3.8, 4) is 0 Å². The lowest BCUT2D eigenvalue weighted by Gasteiger charge is -2.45. The van der Waals surface area contributed by atoms with Gasteiger partial charge >= 0.3 is 0 Å². The standard InChI is InChI=1S/C22H33N3OS/c1-23-16-19-21(8-12-24(13-9-21)15-18-5-4-14-27-18)6-7-22(19,17-23)20(26)25-10-2-3-11-25/h4-5,14,19H,2-3,6-13,15-17H2,1H3/t19-,22+/m0/s1. The molecule has 2 atom stereocenters. The van der Waals surface area contributed by atoms with E-state index in [1.54, 1.807) is 0 Å². The summed E-state index contributed by atoms with van der Waals surface area (Å²) < 4.78 is 0. The van der Waals surface area contributed by atoms with E-state index in [0.29, 0.717) is 17.2 Å². The molecule has 4 aliphatic rings. The van der Waals surface area contributed by atoms with Crippen molar-refractivity contribution < 1.29 is 4.79 Å². The molecule has 5 heteroatoms. The lowest BCUT2D eigenvalue weighted by atomic mass is 9.65. The zero-order chi connectivity index (χ0) is 18.5. The van der Waals surface area contributed by atoms with Crippen molar-refractivity contribution in [1.82, 2.24) is 14.7 Å². The fourth-order valence-electron chi connectivity index (χ4n) is 6.76. The fourth-order valence-corrected chi connectivity index (χ4v) is 7.50. The molecule has 1 aromatic heterocycles.